The fourth-order valence-electron chi connectivity index (χ4n) is 2.70. The van der Waals surface area contributed by atoms with Gasteiger partial charge in [0, 0.05) is 10.0 Å². The Balaban J connectivity index is 1.65. The predicted octanol–water partition coefficient (Wildman–Crippen LogP) is 4.09. The maximum Gasteiger partial charge on any atom is 0.249 e. The molecular formula is C21H18BrN3O3. The molecule has 0 bridgehead atoms. The number of hydrazone groups is 1. The van der Waals surface area contributed by atoms with Crippen LogP contribution < -0.4 is 15.5 Å². The van der Waals surface area contributed by atoms with Crippen LogP contribution in [0.15, 0.2) is 70.2 Å². The van der Waals surface area contributed by atoms with Gasteiger partial charge in [-0.3, -0.25) is 9.59 Å². The van der Waals surface area contributed by atoms with E-state index in [2.05, 4.69) is 31.8 Å². The maximum absolute atomic E-state index is 12.0. The lowest BCUT2D eigenvalue weighted by atomic mass is 10.0. The summed E-state index contributed by atoms with van der Waals surface area (Å²) in [5.41, 5.74) is 3.73. The molecule has 0 aromatic heterocycles. The van der Waals surface area contributed by atoms with E-state index in [-0.39, 0.29) is 6.42 Å². The number of carbonyl (C=O) groups excluding carboxylic acids is 2. The van der Waals surface area contributed by atoms with Gasteiger partial charge >= 0.3 is 0 Å². The van der Waals surface area contributed by atoms with Crippen LogP contribution in [-0.4, -0.2) is 25.1 Å². The molecule has 3 aromatic rings. The number of benzene rings is 3. The van der Waals surface area contributed by atoms with Gasteiger partial charge in [0.2, 0.25) is 11.8 Å². The highest BCUT2D eigenvalue weighted by Gasteiger charge is 2.11. The van der Waals surface area contributed by atoms with Crippen molar-refractivity contribution in [3.05, 3.63) is 70.7 Å². The summed E-state index contributed by atoms with van der Waals surface area (Å²) >= 11 is 3.34. The molecule has 2 N–H and O–H groups in total. The summed E-state index contributed by atoms with van der Waals surface area (Å²) < 4.78 is 6.12. The highest BCUT2D eigenvalue weighted by Crippen LogP contribution is 2.26. The molecule has 0 spiro atoms. The lowest BCUT2D eigenvalue weighted by Crippen LogP contribution is -2.24. The number of rotatable bonds is 6. The zero-order valence-corrected chi connectivity index (χ0v) is 16.7. The fraction of sp³-hybridized carbons (Fsp3) is 0.0952. The van der Waals surface area contributed by atoms with E-state index in [0.717, 1.165) is 20.8 Å². The quantitative estimate of drug-likeness (QED) is 0.344. The number of methoxy groups -OCH3 is 1. The summed E-state index contributed by atoms with van der Waals surface area (Å²) in [6.07, 6.45) is 1.18. The molecule has 2 amide bonds. The largest absolute Gasteiger partial charge is 0.496 e. The molecular weight excluding hydrogens is 422 g/mol. The Morgan fingerprint density at radius 2 is 1.79 bits per heavy atom. The number of fused-ring (bicyclic) bond motifs is 1. The normalized spacial score (nSPS) is 10.8. The summed E-state index contributed by atoms with van der Waals surface area (Å²) in [7, 11) is 1.58. The number of hydrogen-bond donors (Lipinski definition) is 2. The zero-order chi connectivity index (χ0) is 19.9. The Hall–Kier alpha value is -3.19. The van der Waals surface area contributed by atoms with Crippen molar-refractivity contribution in [3.8, 4) is 5.75 Å². The topological polar surface area (TPSA) is 79.8 Å². The van der Waals surface area contributed by atoms with Crippen molar-refractivity contribution in [2.75, 3.05) is 12.4 Å². The molecule has 0 aliphatic rings. The predicted molar refractivity (Wildman–Crippen MR) is 114 cm³/mol. The number of nitrogens with zero attached hydrogens (tertiary/aromatic N) is 1. The molecule has 0 saturated carbocycles. The standard InChI is InChI=1S/C21H18BrN3O3/c1-28-19-11-10-14-6-2-3-7-15(14)16(19)13-23-25-21(27)12-20(26)24-18-9-5-4-8-17(18)22/h2-11,13H,12H2,1H3,(H,24,26)(H,25,27). The van der Waals surface area contributed by atoms with Gasteiger partial charge in [-0.1, -0.05) is 42.5 Å². The number of para-hydroxylation sites is 1. The smallest absolute Gasteiger partial charge is 0.249 e. The van der Waals surface area contributed by atoms with Crippen LogP contribution in [0.5, 0.6) is 5.75 Å². The summed E-state index contributed by atoms with van der Waals surface area (Å²) in [5.74, 6) is -0.300. The monoisotopic (exact) mass is 439 g/mol. The van der Waals surface area contributed by atoms with Gasteiger partial charge in [-0.15, -0.1) is 0 Å². The fourth-order valence-corrected chi connectivity index (χ4v) is 3.08. The zero-order valence-electron chi connectivity index (χ0n) is 15.1. The average molecular weight is 440 g/mol. The Morgan fingerprint density at radius 3 is 2.57 bits per heavy atom. The molecule has 0 aliphatic carbocycles. The minimum Gasteiger partial charge on any atom is -0.496 e. The number of nitrogens with one attached hydrogen (secondary N) is 2. The molecule has 142 valence electrons. The number of ether oxygens (including phenoxy) is 1. The van der Waals surface area contributed by atoms with E-state index in [0.29, 0.717) is 11.4 Å². The molecule has 0 unspecified atom stereocenters. The number of anilines is 1. The lowest BCUT2D eigenvalue weighted by Gasteiger charge is -2.08. The van der Waals surface area contributed by atoms with Gasteiger partial charge in [-0.2, -0.15) is 5.10 Å². The number of halogens is 1. The van der Waals surface area contributed by atoms with Crippen molar-refractivity contribution in [3.63, 3.8) is 0 Å². The van der Waals surface area contributed by atoms with Crippen molar-refractivity contribution in [2.24, 2.45) is 5.10 Å². The second-order valence-electron chi connectivity index (χ2n) is 5.90. The number of carbonyl (C=O) groups is 2. The first-order valence-electron chi connectivity index (χ1n) is 8.50. The molecule has 7 heteroatoms. The first-order chi connectivity index (χ1) is 13.6. The number of hydrogen-bond acceptors (Lipinski definition) is 4. The van der Waals surface area contributed by atoms with Gasteiger partial charge < -0.3 is 10.1 Å². The minimum absolute atomic E-state index is 0.342. The van der Waals surface area contributed by atoms with Gasteiger partial charge in [-0.25, -0.2) is 5.43 Å². The van der Waals surface area contributed by atoms with Crippen LogP contribution in [0.2, 0.25) is 0 Å². The third kappa shape index (κ3) is 4.75. The Labute approximate surface area is 170 Å². The second-order valence-corrected chi connectivity index (χ2v) is 6.75. The molecule has 0 aliphatic heterocycles. The Bertz CT molecular complexity index is 1050. The Morgan fingerprint density at radius 1 is 1.04 bits per heavy atom. The van der Waals surface area contributed by atoms with E-state index < -0.39 is 11.8 Å². The average Bonchev–Trinajstić information content (AvgIpc) is 2.69. The van der Waals surface area contributed by atoms with Crippen LogP contribution >= 0.6 is 15.9 Å². The molecule has 0 heterocycles. The van der Waals surface area contributed by atoms with Crippen molar-refractivity contribution < 1.29 is 14.3 Å². The highest BCUT2D eigenvalue weighted by molar-refractivity contribution is 9.10. The van der Waals surface area contributed by atoms with Crippen LogP contribution in [0.1, 0.15) is 12.0 Å². The maximum atomic E-state index is 12.0. The summed E-state index contributed by atoms with van der Waals surface area (Å²) in [6, 6.07) is 18.8. The van der Waals surface area contributed by atoms with Crippen LogP contribution in [0, 0.1) is 0 Å². The SMILES string of the molecule is COc1ccc2ccccc2c1C=NNC(=O)CC(=O)Nc1ccccc1Br. The second kappa shape index (κ2) is 9.14. The molecule has 0 radical (unpaired) electrons. The van der Waals surface area contributed by atoms with Crippen molar-refractivity contribution >= 4 is 50.4 Å². The third-order valence-corrected chi connectivity index (χ3v) is 4.69. The van der Waals surface area contributed by atoms with Crippen molar-refractivity contribution in [2.45, 2.75) is 6.42 Å². The van der Waals surface area contributed by atoms with E-state index in [9.17, 15) is 9.59 Å². The molecule has 0 fully saturated rings. The highest BCUT2D eigenvalue weighted by atomic mass is 79.9. The first-order valence-corrected chi connectivity index (χ1v) is 9.30. The van der Waals surface area contributed by atoms with E-state index in [1.54, 1.807) is 25.3 Å². The minimum atomic E-state index is -0.514. The molecule has 0 atom stereocenters. The van der Waals surface area contributed by atoms with Gasteiger partial charge in [0.1, 0.15) is 12.2 Å². The summed E-state index contributed by atoms with van der Waals surface area (Å²) in [4.78, 5) is 24.0. The van der Waals surface area contributed by atoms with Crippen LogP contribution in [0.4, 0.5) is 5.69 Å². The third-order valence-electron chi connectivity index (χ3n) is 4.00. The van der Waals surface area contributed by atoms with E-state index >= 15 is 0 Å². The van der Waals surface area contributed by atoms with E-state index in [4.69, 9.17) is 4.74 Å². The Kier molecular flexibility index (Phi) is 6.39. The van der Waals surface area contributed by atoms with E-state index in [1.807, 2.05) is 42.5 Å². The van der Waals surface area contributed by atoms with Crippen LogP contribution in [0.25, 0.3) is 10.8 Å². The molecule has 0 saturated heterocycles. The van der Waals surface area contributed by atoms with Crippen LogP contribution in [-0.2, 0) is 9.59 Å². The molecule has 6 nitrogen and oxygen atoms in total. The van der Waals surface area contributed by atoms with Crippen molar-refractivity contribution in [1.29, 1.82) is 0 Å². The summed E-state index contributed by atoms with van der Waals surface area (Å²) in [6.45, 7) is 0. The number of amides is 2. The van der Waals surface area contributed by atoms with E-state index in [1.165, 1.54) is 6.21 Å². The summed E-state index contributed by atoms with van der Waals surface area (Å²) in [5, 5.41) is 8.64. The van der Waals surface area contributed by atoms with Gasteiger partial charge in [0.25, 0.3) is 0 Å². The van der Waals surface area contributed by atoms with Gasteiger partial charge in [0.15, 0.2) is 0 Å². The van der Waals surface area contributed by atoms with Crippen LogP contribution in [0.3, 0.4) is 0 Å². The molecule has 3 aromatic carbocycles. The molecule has 3 rings (SSSR count). The first kappa shape index (κ1) is 19.6. The lowest BCUT2D eigenvalue weighted by molar-refractivity contribution is -0.126. The van der Waals surface area contributed by atoms with Gasteiger partial charge in [-0.05, 0) is 44.9 Å². The molecule has 28 heavy (non-hydrogen) atoms. The van der Waals surface area contributed by atoms with Gasteiger partial charge in [0.05, 0.1) is 19.0 Å². The van der Waals surface area contributed by atoms with Crippen molar-refractivity contribution in [1.82, 2.24) is 5.43 Å².